The van der Waals surface area contributed by atoms with Gasteiger partial charge < -0.3 is 23.7 Å². The Morgan fingerprint density at radius 1 is 0.964 bits per heavy atom. The maximum absolute atomic E-state index is 11.7. The third-order valence-electron chi connectivity index (χ3n) is 3.79. The first-order chi connectivity index (χ1) is 13.7. The summed E-state index contributed by atoms with van der Waals surface area (Å²) in [6.07, 6.45) is 8.35. The van der Waals surface area contributed by atoms with Gasteiger partial charge in [0.15, 0.2) is 11.5 Å². The highest BCUT2D eigenvalue weighted by Gasteiger charge is 2.05. The summed E-state index contributed by atoms with van der Waals surface area (Å²) in [6.45, 7) is 1.63. The van der Waals surface area contributed by atoms with Crippen LogP contribution in [-0.2, 0) is 23.9 Å². The van der Waals surface area contributed by atoms with Crippen molar-refractivity contribution in [3.63, 3.8) is 0 Å². The molecular weight excluding hydrogens is 364 g/mol. The van der Waals surface area contributed by atoms with E-state index in [0.717, 1.165) is 44.0 Å². The van der Waals surface area contributed by atoms with Gasteiger partial charge in [-0.15, -0.1) is 0 Å². The minimum Gasteiger partial charge on any atom is -0.493 e. The van der Waals surface area contributed by atoms with E-state index in [1.807, 2.05) is 6.07 Å². The molecule has 1 aromatic carbocycles. The summed E-state index contributed by atoms with van der Waals surface area (Å²) < 4.78 is 20.7. The van der Waals surface area contributed by atoms with Crippen molar-refractivity contribution in [3.8, 4) is 11.5 Å². The Kier molecular flexibility index (Phi) is 12.6. The number of carbonyl (C=O) groups excluding carboxylic acids is 3. The van der Waals surface area contributed by atoms with Crippen molar-refractivity contribution in [2.75, 3.05) is 26.9 Å². The number of rotatable bonds is 16. The van der Waals surface area contributed by atoms with Crippen LogP contribution in [0.2, 0.25) is 0 Å². The van der Waals surface area contributed by atoms with Gasteiger partial charge in [0.25, 0.3) is 6.47 Å². The molecule has 0 radical (unpaired) electrons. The smallest absolute Gasteiger partial charge is 0.330 e. The van der Waals surface area contributed by atoms with Crippen LogP contribution in [0.15, 0.2) is 24.3 Å². The van der Waals surface area contributed by atoms with Crippen LogP contribution < -0.4 is 9.47 Å². The molecule has 7 nitrogen and oxygen atoms in total. The highest BCUT2D eigenvalue weighted by atomic mass is 16.5. The zero-order valence-electron chi connectivity index (χ0n) is 16.3. The monoisotopic (exact) mass is 392 g/mol. The van der Waals surface area contributed by atoms with Crippen molar-refractivity contribution >= 4 is 24.8 Å². The molecular formula is C21H28O7. The van der Waals surface area contributed by atoms with Gasteiger partial charge >= 0.3 is 5.97 Å². The van der Waals surface area contributed by atoms with Crippen molar-refractivity contribution in [1.82, 2.24) is 0 Å². The Hall–Kier alpha value is -2.83. The second-order valence-electron chi connectivity index (χ2n) is 5.95. The number of carbonyl (C=O) groups is 3. The molecule has 0 fully saturated rings. The van der Waals surface area contributed by atoms with Crippen LogP contribution >= 0.6 is 0 Å². The van der Waals surface area contributed by atoms with Crippen molar-refractivity contribution in [1.29, 1.82) is 0 Å². The molecule has 0 amide bonds. The third kappa shape index (κ3) is 10.4. The molecule has 154 valence electrons. The van der Waals surface area contributed by atoms with E-state index in [1.54, 1.807) is 25.3 Å². The molecule has 1 aromatic rings. The van der Waals surface area contributed by atoms with E-state index < -0.39 is 5.97 Å². The van der Waals surface area contributed by atoms with Gasteiger partial charge in [-0.05, 0) is 55.9 Å². The summed E-state index contributed by atoms with van der Waals surface area (Å²) in [5.74, 6) is 0.760. The number of unbranched alkanes of at least 4 members (excludes halogenated alkanes) is 4. The molecule has 0 bridgehead atoms. The molecule has 0 saturated heterocycles. The van der Waals surface area contributed by atoms with E-state index in [9.17, 15) is 14.4 Å². The summed E-state index contributed by atoms with van der Waals surface area (Å²) in [5, 5.41) is 0. The van der Waals surface area contributed by atoms with Gasteiger partial charge in [0.1, 0.15) is 6.29 Å². The molecule has 0 spiro atoms. The van der Waals surface area contributed by atoms with E-state index in [2.05, 4.69) is 4.74 Å². The van der Waals surface area contributed by atoms with Crippen LogP contribution in [0.5, 0.6) is 11.5 Å². The van der Waals surface area contributed by atoms with Crippen LogP contribution in [0.3, 0.4) is 0 Å². The molecule has 0 aliphatic heterocycles. The molecule has 0 N–H and O–H groups in total. The average molecular weight is 392 g/mol. The Morgan fingerprint density at radius 2 is 1.75 bits per heavy atom. The lowest BCUT2D eigenvalue weighted by Gasteiger charge is -2.11. The van der Waals surface area contributed by atoms with Gasteiger partial charge in [0.05, 0.1) is 26.9 Å². The van der Waals surface area contributed by atoms with Gasteiger partial charge in [-0.2, -0.15) is 0 Å². The maximum atomic E-state index is 11.7. The summed E-state index contributed by atoms with van der Waals surface area (Å²) in [5.41, 5.74) is 0.784. The summed E-state index contributed by atoms with van der Waals surface area (Å²) >= 11 is 0. The highest BCUT2D eigenvalue weighted by Crippen LogP contribution is 2.28. The number of aldehydes is 1. The topological polar surface area (TPSA) is 88.1 Å². The van der Waals surface area contributed by atoms with Crippen LogP contribution in [0, 0.1) is 0 Å². The zero-order chi connectivity index (χ0) is 20.5. The molecule has 0 saturated carbocycles. The predicted molar refractivity (Wildman–Crippen MR) is 104 cm³/mol. The van der Waals surface area contributed by atoms with E-state index in [-0.39, 0.29) is 0 Å². The molecule has 0 atom stereocenters. The molecule has 0 aliphatic rings. The number of hydrogen-bond donors (Lipinski definition) is 0. The lowest BCUT2D eigenvalue weighted by atomic mass is 10.2. The van der Waals surface area contributed by atoms with Crippen LogP contribution in [0.1, 0.15) is 44.1 Å². The van der Waals surface area contributed by atoms with Crippen LogP contribution in [-0.4, -0.2) is 45.7 Å². The average Bonchev–Trinajstić information content (AvgIpc) is 2.72. The van der Waals surface area contributed by atoms with Crippen LogP contribution in [0.25, 0.3) is 6.08 Å². The Morgan fingerprint density at radius 3 is 2.50 bits per heavy atom. The standard InChI is InChI=1S/C21H28O7/c1-25-20-16-18(8-10-19(20)27-14-7-6-13-26-17-23)9-11-21(24)28-15-5-3-2-4-12-22/h8-12,16-17H,2-7,13-15H2,1H3. The normalized spacial score (nSPS) is 10.5. The number of ether oxygens (including phenoxy) is 4. The van der Waals surface area contributed by atoms with Crippen molar-refractivity contribution in [2.45, 2.75) is 38.5 Å². The van der Waals surface area contributed by atoms with Crippen molar-refractivity contribution < 1.29 is 33.3 Å². The first-order valence-electron chi connectivity index (χ1n) is 9.35. The Bertz CT molecular complexity index is 625. The Labute approximate surface area is 165 Å². The van der Waals surface area contributed by atoms with Gasteiger partial charge in [0, 0.05) is 12.5 Å². The van der Waals surface area contributed by atoms with Crippen molar-refractivity contribution in [3.05, 3.63) is 29.8 Å². The number of benzene rings is 1. The molecule has 0 aliphatic carbocycles. The first kappa shape index (κ1) is 23.2. The van der Waals surface area contributed by atoms with Gasteiger partial charge in [0.2, 0.25) is 0 Å². The highest BCUT2D eigenvalue weighted by molar-refractivity contribution is 5.87. The molecule has 0 unspecified atom stereocenters. The molecule has 1 rings (SSSR count). The quantitative estimate of drug-likeness (QED) is 0.184. The lowest BCUT2D eigenvalue weighted by molar-refractivity contribution is -0.137. The summed E-state index contributed by atoms with van der Waals surface area (Å²) in [4.78, 5) is 32.0. The van der Waals surface area contributed by atoms with Gasteiger partial charge in [-0.25, -0.2) is 4.79 Å². The fourth-order valence-electron chi connectivity index (χ4n) is 2.32. The van der Waals surface area contributed by atoms with Gasteiger partial charge in [-0.3, -0.25) is 4.79 Å². The number of hydrogen-bond acceptors (Lipinski definition) is 7. The predicted octanol–water partition coefficient (Wildman–Crippen LogP) is 3.34. The Balaban J connectivity index is 2.40. The number of methoxy groups -OCH3 is 1. The minimum atomic E-state index is -0.410. The van der Waals surface area contributed by atoms with Gasteiger partial charge in [-0.1, -0.05) is 6.07 Å². The summed E-state index contributed by atoms with van der Waals surface area (Å²) in [6, 6.07) is 5.36. The molecule has 28 heavy (non-hydrogen) atoms. The first-order valence-corrected chi connectivity index (χ1v) is 9.35. The molecule has 0 heterocycles. The maximum Gasteiger partial charge on any atom is 0.330 e. The van der Waals surface area contributed by atoms with E-state index >= 15 is 0 Å². The van der Waals surface area contributed by atoms with E-state index in [1.165, 1.54) is 6.08 Å². The second-order valence-corrected chi connectivity index (χ2v) is 5.95. The second kappa shape index (κ2) is 15.2. The zero-order valence-corrected chi connectivity index (χ0v) is 16.3. The largest absolute Gasteiger partial charge is 0.493 e. The van der Waals surface area contributed by atoms with Crippen LogP contribution in [0.4, 0.5) is 0 Å². The minimum absolute atomic E-state index is 0.343. The third-order valence-corrected chi connectivity index (χ3v) is 3.79. The fourth-order valence-corrected chi connectivity index (χ4v) is 2.32. The number of esters is 1. The SMILES string of the molecule is COc1cc(C=CC(=O)OCCCCCC=O)ccc1OCCCCOC=O. The van der Waals surface area contributed by atoms with Crippen molar-refractivity contribution in [2.24, 2.45) is 0 Å². The summed E-state index contributed by atoms with van der Waals surface area (Å²) in [7, 11) is 1.55. The van der Waals surface area contributed by atoms with E-state index in [4.69, 9.17) is 14.2 Å². The molecule has 0 aromatic heterocycles. The van der Waals surface area contributed by atoms with E-state index in [0.29, 0.717) is 44.2 Å². The fraction of sp³-hybridized carbons (Fsp3) is 0.476. The molecule has 7 heteroatoms. The lowest BCUT2D eigenvalue weighted by Crippen LogP contribution is -2.02.